The van der Waals surface area contributed by atoms with E-state index < -0.39 is 0 Å². The Labute approximate surface area is 107 Å². The highest BCUT2D eigenvalue weighted by molar-refractivity contribution is 9.10. The number of rotatable bonds is 3. The minimum absolute atomic E-state index is 0.135. The molecule has 0 saturated heterocycles. The van der Waals surface area contributed by atoms with Crippen LogP contribution in [-0.2, 0) is 13.2 Å². The lowest BCUT2D eigenvalue weighted by molar-refractivity contribution is 0.264. The van der Waals surface area contributed by atoms with E-state index in [-0.39, 0.29) is 6.61 Å². The highest BCUT2D eigenvalue weighted by Gasteiger charge is 2.08. The maximum atomic E-state index is 9.09. The van der Waals surface area contributed by atoms with Crippen LogP contribution in [0.4, 0.5) is 0 Å². The van der Waals surface area contributed by atoms with E-state index in [0.717, 1.165) is 10.0 Å². The van der Waals surface area contributed by atoms with Gasteiger partial charge in [0.25, 0.3) is 0 Å². The molecule has 1 N–H and O–H groups in total. The number of thiol groups is 1. The van der Waals surface area contributed by atoms with Gasteiger partial charge in [0.05, 0.1) is 6.54 Å². The molecule has 0 fully saturated rings. The lowest BCUT2D eigenvalue weighted by atomic mass is 10.2. The summed E-state index contributed by atoms with van der Waals surface area (Å²) >= 11 is 7.57. The van der Waals surface area contributed by atoms with Gasteiger partial charge in [0.2, 0.25) is 0 Å². The largest absolute Gasteiger partial charge is 0.388 e. The van der Waals surface area contributed by atoms with Crippen molar-refractivity contribution in [2.45, 2.75) is 18.3 Å². The number of nitrogens with zero attached hydrogens (tertiary/aromatic N) is 3. The summed E-state index contributed by atoms with van der Waals surface area (Å²) in [5.74, 6) is 0.521. The first-order chi connectivity index (χ1) is 7.70. The number of aliphatic hydroxyl groups is 1. The molecule has 0 spiro atoms. The maximum Gasteiger partial charge on any atom is 0.188 e. The zero-order chi connectivity index (χ0) is 11.5. The molecular formula is C10H10BrN3OS. The molecule has 0 unspecified atom stereocenters. The summed E-state index contributed by atoms with van der Waals surface area (Å²) in [5, 5.41) is 17.2. The molecule has 2 rings (SSSR count). The van der Waals surface area contributed by atoms with E-state index in [1.165, 1.54) is 0 Å². The second-order valence-corrected chi connectivity index (χ2v) is 4.60. The molecular weight excluding hydrogens is 290 g/mol. The highest BCUT2D eigenvalue weighted by Crippen LogP contribution is 2.14. The third kappa shape index (κ3) is 2.45. The van der Waals surface area contributed by atoms with Gasteiger partial charge in [-0.15, -0.1) is 22.8 Å². The molecule has 0 radical (unpaired) electrons. The van der Waals surface area contributed by atoms with Gasteiger partial charge < -0.3 is 5.11 Å². The Balaban J connectivity index is 2.26. The van der Waals surface area contributed by atoms with E-state index in [1.54, 1.807) is 4.57 Å². The molecule has 1 aromatic heterocycles. The van der Waals surface area contributed by atoms with Gasteiger partial charge in [-0.2, -0.15) is 0 Å². The maximum absolute atomic E-state index is 9.09. The zero-order valence-corrected chi connectivity index (χ0v) is 10.8. The molecule has 2 aromatic rings. The van der Waals surface area contributed by atoms with Crippen LogP contribution in [0.25, 0.3) is 0 Å². The van der Waals surface area contributed by atoms with Crippen molar-refractivity contribution in [3.63, 3.8) is 0 Å². The fourth-order valence-corrected chi connectivity index (χ4v) is 1.87. The van der Waals surface area contributed by atoms with Crippen molar-refractivity contribution >= 4 is 28.6 Å². The average molecular weight is 300 g/mol. The lowest BCUT2D eigenvalue weighted by Crippen LogP contribution is -2.05. The van der Waals surface area contributed by atoms with Crippen molar-refractivity contribution in [2.24, 2.45) is 0 Å². The molecule has 84 valence electrons. The number of benzene rings is 1. The summed E-state index contributed by atoms with van der Waals surface area (Å²) in [4.78, 5) is 0. The van der Waals surface area contributed by atoms with Crippen molar-refractivity contribution in [3.8, 4) is 0 Å². The minimum atomic E-state index is -0.135. The van der Waals surface area contributed by atoms with Gasteiger partial charge in [-0.25, -0.2) is 0 Å². The van der Waals surface area contributed by atoms with Crippen LogP contribution in [0, 0.1) is 0 Å². The number of hydrogen-bond donors (Lipinski definition) is 2. The standard InChI is InChI=1S/C10H10BrN3OS/c11-8-3-1-7(2-4-8)5-14-9(6-15)12-13-10(14)16/h1-4,15H,5-6H2,(H,13,16). The molecule has 1 aromatic carbocycles. The molecule has 16 heavy (non-hydrogen) atoms. The van der Waals surface area contributed by atoms with Crippen molar-refractivity contribution in [3.05, 3.63) is 40.1 Å². The lowest BCUT2D eigenvalue weighted by Gasteiger charge is -2.06. The van der Waals surface area contributed by atoms with Gasteiger partial charge in [-0.05, 0) is 17.7 Å². The van der Waals surface area contributed by atoms with E-state index in [1.807, 2.05) is 24.3 Å². The van der Waals surface area contributed by atoms with Crippen molar-refractivity contribution in [2.75, 3.05) is 0 Å². The van der Waals surface area contributed by atoms with Crippen molar-refractivity contribution in [1.29, 1.82) is 0 Å². The predicted molar refractivity (Wildman–Crippen MR) is 66.4 cm³/mol. The Kier molecular flexibility index (Phi) is 3.63. The van der Waals surface area contributed by atoms with Crippen LogP contribution in [0.3, 0.4) is 0 Å². The summed E-state index contributed by atoms with van der Waals surface area (Å²) in [6, 6.07) is 7.93. The first-order valence-electron chi connectivity index (χ1n) is 4.67. The van der Waals surface area contributed by atoms with E-state index in [4.69, 9.17) is 5.11 Å². The van der Waals surface area contributed by atoms with Crippen LogP contribution < -0.4 is 0 Å². The van der Waals surface area contributed by atoms with Crippen LogP contribution in [0.15, 0.2) is 33.9 Å². The van der Waals surface area contributed by atoms with Crippen LogP contribution >= 0.6 is 28.6 Å². The molecule has 0 saturated carbocycles. The molecule has 6 heteroatoms. The molecule has 0 aliphatic heterocycles. The van der Waals surface area contributed by atoms with E-state index >= 15 is 0 Å². The Morgan fingerprint density at radius 3 is 2.56 bits per heavy atom. The van der Waals surface area contributed by atoms with Gasteiger partial charge >= 0.3 is 0 Å². The summed E-state index contributed by atoms with van der Waals surface area (Å²) in [6.45, 7) is 0.471. The van der Waals surface area contributed by atoms with Gasteiger partial charge in [0.15, 0.2) is 11.0 Å². The molecule has 0 aliphatic rings. The summed E-state index contributed by atoms with van der Waals surface area (Å²) in [5.41, 5.74) is 1.10. The number of hydrogen-bond acceptors (Lipinski definition) is 4. The monoisotopic (exact) mass is 299 g/mol. The van der Waals surface area contributed by atoms with Gasteiger partial charge in [0.1, 0.15) is 6.61 Å². The second kappa shape index (κ2) is 4.99. The Hall–Kier alpha value is -0.850. The Morgan fingerprint density at radius 2 is 1.94 bits per heavy atom. The third-order valence-corrected chi connectivity index (χ3v) is 3.06. The number of aliphatic hydroxyl groups excluding tert-OH is 1. The first kappa shape index (κ1) is 11.6. The summed E-state index contributed by atoms with van der Waals surface area (Å²) in [6.07, 6.45) is 0. The minimum Gasteiger partial charge on any atom is -0.388 e. The van der Waals surface area contributed by atoms with Gasteiger partial charge in [0, 0.05) is 4.47 Å². The van der Waals surface area contributed by atoms with Crippen LogP contribution in [0.5, 0.6) is 0 Å². The molecule has 0 aliphatic carbocycles. The van der Waals surface area contributed by atoms with Crippen LogP contribution in [0.2, 0.25) is 0 Å². The normalized spacial score (nSPS) is 10.7. The molecule has 1 heterocycles. The SMILES string of the molecule is OCc1nnc(S)n1Cc1ccc(Br)cc1. The topological polar surface area (TPSA) is 50.9 Å². The average Bonchev–Trinajstić information content (AvgIpc) is 2.63. The quantitative estimate of drug-likeness (QED) is 0.851. The second-order valence-electron chi connectivity index (χ2n) is 3.29. The Bertz CT molecular complexity index is 483. The Morgan fingerprint density at radius 1 is 1.25 bits per heavy atom. The smallest absolute Gasteiger partial charge is 0.188 e. The van der Waals surface area contributed by atoms with E-state index in [9.17, 15) is 0 Å². The zero-order valence-electron chi connectivity index (χ0n) is 8.34. The third-order valence-electron chi connectivity index (χ3n) is 2.20. The van der Waals surface area contributed by atoms with Crippen LogP contribution in [0.1, 0.15) is 11.4 Å². The van der Waals surface area contributed by atoms with Crippen molar-refractivity contribution < 1.29 is 5.11 Å². The van der Waals surface area contributed by atoms with Crippen molar-refractivity contribution in [1.82, 2.24) is 14.8 Å². The first-order valence-corrected chi connectivity index (χ1v) is 5.91. The number of halogens is 1. The predicted octanol–water partition coefficient (Wildman–Crippen LogP) is 1.87. The summed E-state index contributed by atoms with van der Waals surface area (Å²) in [7, 11) is 0. The fourth-order valence-electron chi connectivity index (χ4n) is 1.38. The molecule has 0 bridgehead atoms. The van der Waals surface area contributed by atoms with Gasteiger partial charge in [-0.3, -0.25) is 4.57 Å². The molecule has 0 amide bonds. The molecule has 4 nitrogen and oxygen atoms in total. The van der Waals surface area contributed by atoms with E-state index in [2.05, 4.69) is 38.8 Å². The van der Waals surface area contributed by atoms with Crippen LogP contribution in [-0.4, -0.2) is 19.9 Å². The fraction of sp³-hybridized carbons (Fsp3) is 0.200. The number of aromatic nitrogens is 3. The molecule has 0 atom stereocenters. The van der Waals surface area contributed by atoms with E-state index in [0.29, 0.717) is 17.5 Å². The van der Waals surface area contributed by atoms with Gasteiger partial charge in [-0.1, -0.05) is 28.1 Å². The summed E-state index contributed by atoms with van der Waals surface area (Å²) < 4.78 is 2.81. The highest BCUT2D eigenvalue weighted by atomic mass is 79.9.